The van der Waals surface area contributed by atoms with Crippen LogP contribution >= 0.6 is 0 Å². The first kappa shape index (κ1) is 8.50. The zero-order valence-electron chi connectivity index (χ0n) is 6.84. The molecule has 1 aliphatic rings. The average molecular weight is 199 g/mol. The summed E-state index contributed by atoms with van der Waals surface area (Å²) < 4.78 is 23.1. The molecular formula is C8H9NO3S. The lowest BCUT2D eigenvalue weighted by Gasteiger charge is -2.00. The lowest BCUT2D eigenvalue weighted by Crippen LogP contribution is -2.08. The number of rotatable bonds is 2. The molecule has 1 saturated carbocycles. The van der Waals surface area contributed by atoms with Gasteiger partial charge in [0.1, 0.15) is 5.75 Å². The first-order valence-corrected chi connectivity index (χ1v) is 5.54. The van der Waals surface area contributed by atoms with Gasteiger partial charge in [0.2, 0.25) is 0 Å². The van der Waals surface area contributed by atoms with Gasteiger partial charge >= 0.3 is 0 Å². The molecule has 0 aliphatic heterocycles. The number of hydrogen-bond acceptors (Lipinski definition) is 4. The maximum Gasteiger partial charge on any atom is 0.198 e. The van der Waals surface area contributed by atoms with Crippen molar-refractivity contribution in [2.24, 2.45) is 0 Å². The lowest BCUT2D eigenvalue weighted by atomic mass is 10.5. The summed E-state index contributed by atoms with van der Waals surface area (Å²) in [6, 6.07) is 2.67. The third-order valence-corrected chi connectivity index (χ3v) is 4.15. The minimum absolute atomic E-state index is 0.0188. The van der Waals surface area contributed by atoms with E-state index < -0.39 is 9.84 Å². The summed E-state index contributed by atoms with van der Waals surface area (Å²) in [5.41, 5.74) is 0. The number of aromatic hydroxyl groups is 1. The van der Waals surface area contributed by atoms with Gasteiger partial charge in [-0.2, -0.15) is 0 Å². The van der Waals surface area contributed by atoms with Crippen molar-refractivity contribution in [1.82, 2.24) is 4.98 Å². The van der Waals surface area contributed by atoms with Crippen LogP contribution in [-0.2, 0) is 9.84 Å². The smallest absolute Gasteiger partial charge is 0.198 e. The Balaban J connectivity index is 2.40. The van der Waals surface area contributed by atoms with Crippen LogP contribution in [0, 0.1) is 0 Å². The molecule has 0 bridgehead atoms. The summed E-state index contributed by atoms with van der Waals surface area (Å²) in [5, 5.41) is 8.74. The van der Waals surface area contributed by atoms with Gasteiger partial charge in [-0.1, -0.05) is 0 Å². The van der Waals surface area contributed by atoms with Gasteiger partial charge in [0.25, 0.3) is 0 Å². The van der Waals surface area contributed by atoms with Crippen molar-refractivity contribution < 1.29 is 13.5 Å². The molecule has 1 aliphatic carbocycles. The average Bonchev–Trinajstić information content (AvgIpc) is 2.87. The molecule has 4 nitrogen and oxygen atoms in total. The molecule has 2 rings (SSSR count). The molecular weight excluding hydrogens is 190 g/mol. The molecule has 0 spiro atoms. The monoisotopic (exact) mass is 199 g/mol. The molecule has 0 atom stereocenters. The zero-order valence-corrected chi connectivity index (χ0v) is 7.66. The Morgan fingerprint density at radius 2 is 2.08 bits per heavy atom. The normalized spacial score (nSPS) is 17.2. The summed E-state index contributed by atoms with van der Waals surface area (Å²) in [6.45, 7) is 0. The van der Waals surface area contributed by atoms with Crippen molar-refractivity contribution in [2.45, 2.75) is 23.1 Å². The van der Waals surface area contributed by atoms with Crippen molar-refractivity contribution in [1.29, 1.82) is 0 Å². The molecule has 0 aromatic carbocycles. The van der Waals surface area contributed by atoms with E-state index in [2.05, 4.69) is 4.98 Å². The van der Waals surface area contributed by atoms with Crippen LogP contribution in [0.3, 0.4) is 0 Å². The zero-order chi connectivity index (χ0) is 9.47. The lowest BCUT2D eigenvalue weighted by molar-refractivity contribution is 0.471. The van der Waals surface area contributed by atoms with Gasteiger partial charge in [0.15, 0.2) is 14.9 Å². The van der Waals surface area contributed by atoms with Crippen LogP contribution in [0.25, 0.3) is 0 Å². The van der Waals surface area contributed by atoms with Crippen molar-refractivity contribution in [3.05, 3.63) is 18.3 Å². The molecule has 0 unspecified atom stereocenters. The van der Waals surface area contributed by atoms with Crippen molar-refractivity contribution in [2.75, 3.05) is 0 Å². The van der Waals surface area contributed by atoms with Crippen molar-refractivity contribution in [3.8, 4) is 5.75 Å². The standard InChI is InChI=1S/C8H9NO3S/c10-6-1-4-8(9-5-6)13(11,12)7-2-3-7/h1,4-5,7,10H,2-3H2. The van der Waals surface area contributed by atoms with Gasteiger partial charge < -0.3 is 5.11 Å². The molecule has 0 saturated heterocycles. The fourth-order valence-corrected chi connectivity index (χ4v) is 2.65. The van der Waals surface area contributed by atoms with Crippen LogP contribution in [0.15, 0.2) is 23.4 Å². The highest BCUT2D eigenvalue weighted by molar-refractivity contribution is 7.92. The molecule has 1 aromatic heterocycles. The van der Waals surface area contributed by atoms with E-state index in [1.54, 1.807) is 0 Å². The van der Waals surface area contributed by atoms with Crippen LogP contribution in [0.4, 0.5) is 0 Å². The van der Waals surface area contributed by atoms with E-state index in [1.807, 2.05) is 0 Å². The van der Waals surface area contributed by atoms with E-state index in [4.69, 9.17) is 5.11 Å². The second-order valence-electron chi connectivity index (χ2n) is 3.10. The quantitative estimate of drug-likeness (QED) is 0.762. The molecule has 13 heavy (non-hydrogen) atoms. The van der Waals surface area contributed by atoms with Crippen molar-refractivity contribution in [3.63, 3.8) is 0 Å². The Hall–Kier alpha value is -1.10. The molecule has 1 fully saturated rings. The van der Waals surface area contributed by atoms with E-state index in [9.17, 15) is 8.42 Å². The molecule has 0 radical (unpaired) electrons. The molecule has 0 amide bonds. The Bertz CT molecular complexity index is 406. The Morgan fingerprint density at radius 1 is 1.38 bits per heavy atom. The van der Waals surface area contributed by atoms with Crippen LogP contribution in [0.1, 0.15) is 12.8 Å². The number of aromatic nitrogens is 1. The predicted molar refractivity (Wildman–Crippen MR) is 46.1 cm³/mol. The third-order valence-electron chi connectivity index (χ3n) is 1.98. The molecule has 1 N–H and O–H groups in total. The fraction of sp³-hybridized carbons (Fsp3) is 0.375. The van der Waals surface area contributed by atoms with Gasteiger partial charge in [-0.15, -0.1) is 0 Å². The van der Waals surface area contributed by atoms with E-state index in [0.29, 0.717) is 0 Å². The predicted octanol–water partition coefficient (Wildman–Crippen LogP) is 0.723. The second kappa shape index (κ2) is 2.70. The number of sulfone groups is 1. The minimum atomic E-state index is -3.20. The maximum atomic E-state index is 11.6. The summed E-state index contributed by atoms with van der Waals surface area (Å²) in [4.78, 5) is 3.67. The maximum absolute atomic E-state index is 11.6. The number of hydrogen-bond donors (Lipinski definition) is 1. The van der Waals surface area contributed by atoms with Crippen molar-refractivity contribution >= 4 is 9.84 Å². The highest BCUT2D eigenvalue weighted by Gasteiger charge is 2.37. The third kappa shape index (κ3) is 1.51. The second-order valence-corrected chi connectivity index (χ2v) is 5.27. The summed E-state index contributed by atoms with van der Waals surface area (Å²) in [5.74, 6) is -0.0188. The Kier molecular flexibility index (Phi) is 1.76. The highest BCUT2D eigenvalue weighted by Crippen LogP contribution is 2.32. The first-order chi connectivity index (χ1) is 6.10. The topological polar surface area (TPSA) is 67.3 Å². The van der Waals surface area contributed by atoms with E-state index in [0.717, 1.165) is 19.0 Å². The van der Waals surface area contributed by atoms with E-state index in [-0.39, 0.29) is 16.0 Å². The number of nitrogens with zero attached hydrogens (tertiary/aromatic N) is 1. The molecule has 5 heteroatoms. The molecule has 1 aromatic rings. The summed E-state index contributed by atoms with van der Waals surface area (Å²) >= 11 is 0. The minimum Gasteiger partial charge on any atom is -0.506 e. The highest BCUT2D eigenvalue weighted by atomic mass is 32.2. The van der Waals surface area contributed by atoms with Gasteiger partial charge in [0.05, 0.1) is 11.4 Å². The first-order valence-electron chi connectivity index (χ1n) is 3.99. The Morgan fingerprint density at radius 3 is 2.54 bits per heavy atom. The Labute approximate surface area is 76.2 Å². The van der Waals surface area contributed by atoms with Gasteiger partial charge in [0, 0.05) is 0 Å². The molecule has 1 heterocycles. The van der Waals surface area contributed by atoms with Crippen LogP contribution < -0.4 is 0 Å². The SMILES string of the molecule is O=S(=O)(c1ccc(O)cn1)C1CC1. The van der Waals surface area contributed by atoms with Crippen LogP contribution in [-0.4, -0.2) is 23.8 Å². The fourth-order valence-electron chi connectivity index (χ4n) is 1.09. The van der Waals surface area contributed by atoms with Gasteiger partial charge in [-0.25, -0.2) is 13.4 Å². The molecule has 70 valence electrons. The summed E-state index contributed by atoms with van der Waals surface area (Å²) in [7, 11) is -3.20. The summed E-state index contributed by atoms with van der Waals surface area (Å²) in [6.07, 6.45) is 2.60. The van der Waals surface area contributed by atoms with Crippen LogP contribution in [0.2, 0.25) is 0 Å². The van der Waals surface area contributed by atoms with Crippen LogP contribution in [0.5, 0.6) is 5.75 Å². The van der Waals surface area contributed by atoms with Gasteiger partial charge in [-0.05, 0) is 25.0 Å². The van der Waals surface area contributed by atoms with Gasteiger partial charge in [-0.3, -0.25) is 0 Å². The van der Waals surface area contributed by atoms with E-state index >= 15 is 0 Å². The largest absolute Gasteiger partial charge is 0.506 e. The number of pyridine rings is 1. The van der Waals surface area contributed by atoms with E-state index in [1.165, 1.54) is 12.1 Å².